The van der Waals surface area contributed by atoms with E-state index in [1.54, 1.807) is 0 Å². The molecule has 2 amide bonds. The zero-order valence-electron chi connectivity index (χ0n) is 14.0. The van der Waals surface area contributed by atoms with E-state index in [1.807, 2.05) is 44.2 Å². The Balaban J connectivity index is 2.24. The first-order valence-electron chi connectivity index (χ1n) is 7.85. The van der Waals surface area contributed by atoms with Crippen LogP contribution in [-0.4, -0.2) is 35.7 Å². The maximum atomic E-state index is 11.7. The highest BCUT2D eigenvalue weighted by atomic mass is 16.5. The molecule has 0 saturated carbocycles. The van der Waals surface area contributed by atoms with Crippen LogP contribution in [0.25, 0.3) is 0 Å². The number of aliphatic carboxylic acids is 1. The first-order chi connectivity index (χ1) is 11.4. The summed E-state index contributed by atoms with van der Waals surface area (Å²) in [4.78, 5) is 34.3. The number of alkyl carbamates (subject to hydrolysis) is 1. The van der Waals surface area contributed by atoms with Crippen LogP contribution in [0.4, 0.5) is 4.79 Å². The fourth-order valence-corrected chi connectivity index (χ4v) is 2.01. The molecule has 0 saturated heterocycles. The van der Waals surface area contributed by atoms with Crippen LogP contribution in [-0.2, 0) is 20.9 Å². The van der Waals surface area contributed by atoms with Crippen LogP contribution >= 0.6 is 0 Å². The van der Waals surface area contributed by atoms with Gasteiger partial charge in [0.1, 0.15) is 12.6 Å². The molecule has 0 bridgehead atoms. The van der Waals surface area contributed by atoms with Gasteiger partial charge in [-0.05, 0) is 17.9 Å². The lowest BCUT2D eigenvalue weighted by Crippen LogP contribution is -2.42. The van der Waals surface area contributed by atoms with Gasteiger partial charge in [-0.15, -0.1) is 0 Å². The number of ether oxygens (including phenoxy) is 1. The number of hydrogen-bond acceptors (Lipinski definition) is 4. The Kier molecular flexibility index (Phi) is 8.32. The quantitative estimate of drug-likeness (QED) is 0.639. The van der Waals surface area contributed by atoms with Crippen molar-refractivity contribution in [3.8, 4) is 0 Å². The van der Waals surface area contributed by atoms with E-state index in [4.69, 9.17) is 9.84 Å². The van der Waals surface area contributed by atoms with Crippen LogP contribution in [0.1, 0.15) is 32.3 Å². The van der Waals surface area contributed by atoms with Crippen molar-refractivity contribution in [1.29, 1.82) is 0 Å². The lowest BCUT2D eigenvalue weighted by Gasteiger charge is -2.16. The summed E-state index contributed by atoms with van der Waals surface area (Å²) in [6, 6.07) is 8.31. The molecule has 7 nitrogen and oxygen atoms in total. The van der Waals surface area contributed by atoms with Crippen molar-refractivity contribution >= 4 is 18.0 Å². The van der Waals surface area contributed by atoms with E-state index in [0.29, 0.717) is 6.42 Å². The molecule has 132 valence electrons. The molecule has 0 aliphatic carbocycles. The summed E-state index contributed by atoms with van der Waals surface area (Å²) < 4.78 is 5.01. The van der Waals surface area contributed by atoms with Gasteiger partial charge in [-0.1, -0.05) is 44.2 Å². The zero-order valence-corrected chi connectivity index (χ0v) is 14.0. The molecule has 0 radical (unpaired) electrons. The molecule has 1 atom stereocenters. The Labute approximate surface area is 141 Å². The lowest BCUT2D eigenvalue weighted by atomic mass is 10.0. The highest BCUT2D eigenvalue weighted by Gasteiger charge is 2.20. The Morgan fingerprint density at radius 1 is 1.17 bits per heavy atom. The molecule has 3 N–H and O–H groups in total. The van der Waals surface area contributed by atoms with Gasteiger partial charge < -0.3 is 20.5 Å². The van der Waals surface area contributed by atoms with Gasteiger partial charge in [0.15, 0.2) is 0 Å². The van der Waals surface area contributed by atoms with Crippen molar-refractivity contribution in [2.45, 2.75) is 39.3 Å². The second-order valence-electron chi connectivity index (χ2n) is 5.83. The molecular formula is C17H24N2O5. The molecule has 1 aromatic carbocycles. The van der Waals surface area contributed by atoms with Crippen molar-refractivity contribution in [3.05, 3.63) is 35.9 Å². The van der Waals surface area contributed by atoms with Gasteiger partial charge in [0.2, 0.25) is 5.91 Å². The SMILES string of the molecule is CC(C)C[C@@H](NC(=O)CCNC(=O)OCc1ccccc1)C(=O)O. The lowest BCUT2D eigenvalue weighted by molar-refractivity contribution is -0.142. The number of nitrogens with one attached hydrogen (secondary N) is 2. The third-order valence-electron chi connectivity index (χ3n) is 3.17. The minimum Gasteiger partial charge on any atom is -0.480 e. The van der Waals surface area contributed by atoms with Gasteiger partial charge in [0, 0.05) is 13.0 Å². The number of rotatable bonds is 9. The maximum absolute atomic E-state index is 11.7. The number of carbonyl (C=O) groups excluding carboxylic acids is 2. The fraction of sp³-hybridized carbons (Fsp3) is 0.471. The highest BCUT2D eigenvalue weighted by molar-refractivity contribution is 5.83. The summed E-state index contributed by atoms with van der Waals surface area (Å²) >= 11 is 0. The van der Waals surface area contributed by atoms with Gasteiger partial charge in [0.25, 0.3) is 0 Å². The molecule has 7 heteroatoms. The molecule has 0 heterocycles. The standard InChI is InChI=1S/C17H24N2O5/c1-12(2)10-14(16(21)22)19-15(20)8-9-18-17(23)24-11-13-6-4-3-5-7-13/h3-7,12,14H,8-11H2,1-2H3,(H,18,23)(H,19,20)(H,21,22)/t14-/m1/s1. The Morgan fingerprint density at radius 2 is 1.83 bits per heavy atom. The van der Waals surface area contributed by atoms with Crippen LogP contribution in [0.2, 0.25) is 0 Å². The number of carboxylic acid groups (broad SMARTS) is 1. The van der Waals surface area contributed by atoms with E-state index >= 15 is 0 Å². The van der Waals surface area contributed by atoms with Crippen LogP contribution in [0.3, 0.4) is 0 Å². The van der Waals surface area contributed by atoms with Gasteiger partial charge in [-0.3, -0.25) is 4.79 Å². The van der Waals surface area contributed by atoms with E-state index in [1.165, 1.54) is 0 Å². The maximum Gasteiger partial charge on any atom is 0.407 e. The molecular weight excluding hydrogens is 312 g/mol. The Morgan fingerprint density at radius 3 is 2.42 bits per heavy atom. The highest BCUT2D eigenvalue weighted by Crippen LogP contribution is 2.05. The second-order valence-corrected chi connectivity index (χ2v) is 5.83. The van der Waals surface area contributed by atoms with Gasteiger partial charge in [-0.25, -0.2) is 9.59 Å². The van der Waals surface area contributed by atoms with Crippen molar-refractivity contribution < 1.29 is 24.2 Å². The Bertz CT molecular complexity index is 545. The van der Waals surface area contributed by atoms with Crippen molar-refractivity contribution in [1.82, 2.24) is 10.6 Å². The molecule has 0 unspecified atom stereocenters. The number of hydrogen-bond donors (Lipinski definition) is 3. The summed E-state index contributed by atoms with van der Waals surface area (Å²) in [6.07, 6.45) is -0.278. The van der Waals surface area contributed by atoms with Crippen molar-refractivity contribution in [2.75, 3.05) is 6.54 Å². The van der Waals surface area contributed by atoms with E-state index in [9.17, 15) is 14.4 Å². The van der Waals surface area contributed by atoms with E-state index in [2.05, 4.69) is 10.6 Å². The van der Waals surface area contributed by atoms with E-state index in [0.717, 1.165) is 5.56 Å². The largest absolute Gasteiger partial charge is 0.480 e. The number of carboxylic acids is 1. The monoisotopic (exact) mass is 336 g/mol. The van der Waals surface area contributed by atoms with Crippen molar-refractivity contribution in [3.63, 3.8) is 0 Å². The molecule has 0 aliphatic heterocycles. The van der Waals surface area contributed by atoms with Crippen LogP contribution < -0.4 is 10.6 Å². The molecule has 0 fully saturated rings. The molecule has 24 heavy (non-hydrogen) atoms. The fourth-order valence-electron chi connectivity index (χ4n) is 2.01. The van der Waals surface area contributed by atoms with Crippen LogP contribution in [0.5, 0.6) is 0 Å². The molecule has 1 aromatic rings. The topological polar surface area (TPSA) is 105 Å². The van der Waals surface area contributed by atoms with Gasteiger partial charge in [-0.2, -0.15) is 0 Å². The number of amides is 2. The predicted octanol–water partition coefficient (Wildman–Crippen LogP) is 1.92. The summed E-state index contributed by atoms with van der Waals surface area (Å²) in [6.45, 7) is 3.99. The van der Waals surface area contributed by atoms with Crippen molar-refractivity contribution in [2.24, 2.45) is 5.92 Å². The molecule has 0 aromatic heterocycles. The number of carbonyl (C=O) groups is 3. The summed E-state index contributed by atoms with van der Waals surface area (Å²) in [5.74, 6) is -1.34. The average Bonchev–Trinajstić information content (AvgIpc) is 2.52. The smallest absolute Gasteiger partial charge is 0.407 e. The molecule has 0 spiro atoms. The second kappa shape index (κ2) is 10.3. The number of benzene rings is 1. The minimum atomic E-state index is -1.06. The first kappa shape index (κ1) is 19.5. The minimum absolute atomic E-state index is 0.0116. The van der Waals surface area contributed by atoms with Gasteiger partial charge in [0.05, 0.1) is 0 Å². The summed E-state index contributed by atoms with van der Waals surface area (Å²) in [5, 5.41) is 14.0. The molecule has 1 rings (SSSR count). The molecule has 0 aliphatic rings. The first-order valence-corrected chi connectivity index (χ1v) is 7.85. The normalized spacial score (nSPS) is 11.6. The Hall–Kier alpha value is -2.57. The van der Waals surface area contributed by atoms with E-state index in [-0.39, 0.29) is 25.5 Å². The zero-order chi connectivity index (χ0) is 17.9. The van der Waals surface area contributed by atoms with Crippen LogP contribution in [0.15, 0.2) is 30.3 Å². The third-order valence-corrected chi connectivity index (χ3v) is 3.17. The average molecular weight is 336 g/mol. The van der Waals surface area contributed by atoms with Crippen LogP contribution in [0, 0.1) is 5.92 Å². The third kappa shape index (κ3) is 8.17. The summed E-state index contributed by atoms with van der Waals surface area (Å²) in [5.41, 5.74) is 0.864. The van der Waals surface area contributed by atoms with Gasteiger partial charge >= 0.3 is 12.1 Å². The predicted molar refractivity (Wildman–Crippen MR) is 88.3 cm³/mol. The summed E-state index contributed by atoms with van der Waals surface area (Å²) in [7, 11) is 0. The van der Waals surface area contributed by atoms with E-state index < -0.39 is 24.0 Å².